The van der Waals surface area contributed by atoms with E-state index in [9.17, 15) is 19.5 Å². The number of phenolic OH excluding ortho intramolecular Hbond substituents is 1. The lowest BCUT2D eigenvalue weighted by atomic mass is 9.96. The fraction of sp³-hybridized carbons (Fsp3) is 0.450. The maximum atomic E-state index is 11.4. The number of benzene rings is 1. The maximum Gasteiger partial charge on any atom is 0.410 e. The monoisotopic (exact) mass is 385 g/mol. The quantitative estimate of drug-likeness (QED) is 0.484. The first-order valence-electron chi connectivity index (χ1n) is 9.09. The molecule has 2 heterocycles. The van der Waals surface area contributed by atoms with Gasteiger partial charge in [0.1, 0.15) is 22.5 Å². The number of rotatable bonds is 2. The van der Waals surface area contributed by atoms with Crippen LogP contribution in [0, 0.1) is 0 Å². The van der Waals surface area contributed by atoms with Crippen LogP contribution in [0.25, 0.3) is 11.0 Å². The molecule has 0 spiro atoms. The van der Waals surface area contributed by atoms with Crippen molar-refractivity contribution in [2.45, 2.75) is 45.5 Å². The highest BCUT2D eigenvalue weighted by molar-refractivity contribution is 6.24. The Morgan fingerprint density at radius 3 is 2.43 bits per heavy atom. The van der Waals surface area contributed by atoms with Crippen molar-refractivity contribution >= 4 is 30.7 Å². The van der Waals surface area contributed by atoms with Gasteiger partial charge in [-0.25, -0.2) is 9.59 Å². The third kappa shape index (κ3) is 5.87. The average Bonchev–Trinajstić information content (AvgIpc) is 3.14. The normalized spacial score (nSPS) is 13.8. The minimum atomic E-state index is -0.742. The molecule has 3 rings (SSSR count). The van der Waals surface area contributed by atoms with Gasteiger partial charge in [0.05, 0.1) is 7.85 Å². The Morgan fingerprint density at radius 2 is 1.86 bits per heavy atom. The highest BCUT2D eigenvalue weighted by Crippen LogP contribution is 2.19. The van der Waals surface area contributed by atoms with E-state index in [4.69, 9.17) is 17.0 Å². The summed E-state index contributed by atoms with van der Waals surface area (Å²) in [5.41, 5.74) is -0.938. The van der Waals surface area contributed by atoms with E-state index in [0.717, 1.165) is 25.9 Å². The molecule has 0 unspecified atom stereocenters. The molecule has 7 nitrogen and oxygen atoms in total. The summed E-state index contributed by atoms with van der Waals surface area (Å²) in [6.45, 7) is 7.38. The molecule has 1 aromatic heterocycles. The number of carbonyl (C=O) groups is 2. The van der Waals surface area contributed by atoms with Crippen LogP contribution in [0.4, 0.5) is 4.79 Å². The fourth-order valence-electron chi connectivity index (χ4n) is 2.63. The maximum absolute atomic E-state index is 11.4. The minimum Gasteiger partial charge on any atom is -0.508 e. The van der Waals surface area contributed by atoms with Crippen LogP contribution in [0.3, 0.4) is 0 Å². The number of phenols is 1. The van der Waals surface area contributed by atoms with Gasteiger partial charge in [-0.3, -0.25) is 4.79 Å². The summed E-state index contributed by atoms with van der Waals surface area (Å²) in [5, 5.41) is 9.76. The molecule has 1 aliphatic heterocycles. The predicted octanol–water partition coefficient (Wildman–Crippen LogP) is 3.29. The van der Waals surface area contributed by atoms with E-state index < -0.39 is 11.4 Å². The van der Waals surface area contributed by atoms with Gasteiger partial charge in [0.25, 0.3) is 0 Å². The summed E-state index contributed by atoms with van der Waals surface area (Å²) >= 11 is 0. The largest absolute Gasteiger partial charge is 0.508 e. The van der Waals surface area contributed by atoms with Crippen molar-refractivity contribution in [1.29, 1.82) is 0 Å². The van der Waals surface area contributed by atoms with Gasteiger partial charge in [0.15, 0.2) is 5.78 Å². The molecule has 1 saturated heterocycles. The third-order valence-electron chi connectivity index (χ3n) is 3.96. The highest BCUT2D eigenvalue weighted by atomic mass is 16.6. The Balaban J connectivity index is 0.000000209. The molecule has 28 heavy (non-hydrogen) atoms. The average molecular weight is 385 g/mol. The third-order valence-corrected chi connectivity index (χ3v) is 3.96. The Hall–Kier alpha value is -2.77. The smallest absolute Gasteiger partial charge is 0.410 e. The van der Waals surface area contributed by atoms with Crippen molar-refractivity contribution in [1.82, 2.24) is 4.90 Å². The van der Waals surface area contributed by atoms with Crippen LogP contribution in [-0.2, 0) is 4.74 Å². The first-order valence-corrected chi connectivity index (χ1v) is 9.09. The molecule has 2 radical (unpaired) electrons. The summed E-state index contributed by atoms with van der Waals surface area (Å²) in [7, 11) is 5.17. The van der Waals surface area contributed by atoms with Gasteiger partial charge in [-0.15, -0.1) is 0 Å². The van der Waals surface area contributed by atoms with E-state index in [0.29, 0.717) is 5.39 Å². The molecule has 0 aliphatic carbocycles. The Morgan fingerprint density at radius 1 is 1.21 bits per heavy atom. The van der Waals surface area contributed by atoms with E-state index in [-0.39, 0.29) is 34.9 Å². The van der Waals surface area contributed by atoms with E-state index in [1.54, 1.807) is 11.0 Å². The number of aromatic hydroxyl groups is 1. The van der Waals surface area contributed by atoms with E-state index in [1.807, 2.05) is 20.8 Å². The van der Waals surface area contributed by atoms with Gasteiger partial charge in [-0.1, -0.05) is 0 Å². The Bertz CT molecular complexity index is 909. The molecule has 1 aliphatic rings. The summed E-state index contributed by atoms with van der Waals surface area (Å²) in [4.78, 5) is 35.9. The lowest BCUT2D eigenvalue weighted by molar-refractivity contribution is 0.0295. The lowest BCUT2D eigenvalue weighted by Crippen LogP contribution is -2.34. The second kappa shape index (κ2) is 8.95. The Labute approximate surface area is 164 Å². The summed E-state index contributed by atoms with van der Waals surface area (Å²) < 4.78 is 10.1. The van der Waals surface area contributed by atoms with Crippen molar-refractivity contribution in [2.24, 2.45) is 0 Å². The van der Waals surface area contributed by atoms with Crippen molar-refractivity contribution in [3.63, 3.8) is 0 Å². The number of likely N-dealkylation sites (tertiary alicyclic amines) is 1. The number of nitrogens with zero attached hydrogens (tertiary/aromatic N) is 1. The number of hydrogen-bond donors (Lipinski definition) is 1. The molecule has 1 N–H and O–H groups in total. The molecule has 0 atom stereocenters. The topological polar surface area (TPSA) is 97.1 Å². The number of fused-ring (bicyclic) bond motifs is 1. The second-order valence-corrected chi connectivity index (χ2v) is 7.47. The SMILES string of the molecule is CC(C)(C)OC(=O)N1CCCC1.[B]CC(=O)c1cc2ccc(O)cc2oc1=O. The molecular weight excluding hydrogens is 361 g/mol. The zero-order valence-electron chi connectivity index (χ0n) is 16.4. The molecule has 0 bridgehead atoms. The predicted molar refractivity (Wildman–Crippen MR) is 106 cm³/mol. The summed E-state index contributed by atoms with van der Waals surface area (Å²) in [6, 6.07) is 5.73. The molecule has 8 heteroatoms. The van der Waals surface area contributed by atoms with Crippen LogP contribution < -0.4 is 5.63 Å². The van der Waals surface area contributed by atoms with Gasteiger partial charge in [0, 0.05) is 24.5 Å². The van der Waals surface area contributed by atoms with E-state index in [1.165, 1.54) is 18.2 Å². The van der Waals surface area contributed by atoms with Crippen LogP contribution in [0.2, 0.25) is 6.32 Å². The van der Waals surface area contributed by atoms with E-state index >= 15 is 0 Å². The van der Waals surface area contributed by atoms with Crippen LogP contribution in [0.1, 0.15) is 44.0 Å². The van der Waals surface area contributed by atoms with Gasteiger partial charge in [-0.2, -0.15) is 0 Å². The van der Waals surface area contributed by atoms with E-state index in [2.05, 4.69) is 0 Å². The molecule has 1 fully saturated rings. The van der Waals surface area contributed by atoms with Crippen molar-refractivity contribution in [3.8, 4) is 5.75 Å². The van der Waals surface area contributed by atoms with Crippen molar-refractivity contribution < 1.29 is 23.8 Å². The number of amides is 1. The number of hydrogen-bond acceptors (Lipinski definition) is 6. The van der Waals surface area contributed by atoms with Gasteiger partial charge >= 0.3 is 11.7 Å². The standard InChI is InChI=1S/C11H7BO4.C9H17NO2/c12-5-9(14)8-3-6-1-2-7(13)4-10(6)16-11(8)15;1-9(2,3)12-8(11)10-6-4-5-7-10/h1-4,13H,5H2;4-7H2,1-3H3. The van der Waals surface area contributed by atoms with Crippen LogP contribution in [-0.4, -0.2) is 48.4 Å². The molecule has 2 aromatic rings. The zero-order chi connectivity index (χ0) is 20.9. The van der Waals surface area contributed by atoms with Crippen molar-refractivity contribution in [3.05, 3.63) is 40.2 Å². The Kier molecular flexibility index (Phi) is 6.88. The molecule has 1 amide bonds. The summed E-state index contributed by atoms with van der Waals surface area (Å²) in [6.07, 6.45) is 1.81. The fourth-order valence-corrected chi connectivity index (χ4v) is 2.63. The van der Waals surface area contributed by atoms with Crippen LogP contribution >= 0.6 is 0 Å². The molecular formula is C20H24BNO6. The highest BCUT2D eigenvalue weighted by Gasteiger charge is 2.23. The van der Waals surface area contributed by atoms with Gasteiger partial charge < -0.3 is 19.2 Å². The number of ketones is 1. The first-order chi connectivity index (χ1) is 13.1. The number of carbonyl (C=O) groups excluding carboxylic acids is 2. The minimum absolute atomic E-state index is 0.00597. The zero-order valence-corrected chi connectivity index (χ0v) is 16.4. The number of Topliss-reactive ketones (excluding diaryl/α,β-unsaturated/α-hetero) is 1. The lowest BCUT2D eigenvalue weighted by Gasteiger charge is -2.23. The number of ether oxygens (including phenoxy) is 1. The molecule has 148 valence electrons. The van der Waals surface area contributed by atoms with Gasteiger partial charge in [-0.05, 0) is 58.1 Å². The van der Waals surface area contributed by atoms with Crippen molar-refractivity contribution in [2.75, 3.05) is 13.1 Å². The van der Waals surface area contributed by atoms with Gasteiger partial charge in [0.2, 0.25) is 0 Å². The molecule has 1 aromatic carbocycles. The molecule has 0 saturated carbocycles. The first kappa shape index (κ1) is 21.5. The van der Waals surface area contributed by atoms with Crippen LogP contribution in [0.5, 0.6) is 5.75 Å². The van der Waals surface area contributed by atoms with Crippen LogP contribution in [0.15, 0.2) is 33.5 Å². The second-order valence-electron chi connectivity index (χ2n) is 7.47. The summed E-state index contributed by atoms with van der Waals surface area (Å²) in [5.74, 6) is -0.475.